The van der Waals surface area contributed by atoms with Gasteiger partial charge in [0, 0.05) is 43.3 Å². The van der Waals surface area contributed by atoms with Crippen LogP contribution in [0, 0.1) is 0 Å². The van der Waals surface area contributed by atoms with Gasteiger partial charge in [0.1, 0.15) is 0 Å². The van der Waals surface area contributed by atoms with Gasteiger partial charge < -0.3 is 4.90 Å². The third kappa shape index (κ3) is 4.98. The van der Waals surface area contributed by atoms with Crippen molar-refractivity contribution in [2.45, 2.75) is 56.0 Å². The van der Waals surface area contributed by atoms with Crippen molar-refractivity contribution in [2.24, 2.45) is 0 Å². The van der Waals surface area contributed by atoms with Gasteiger partial charge in [-0.05, 0) is 50.1 Å². The van der Waals surface area contributed by atoms with E-state index in [4.69, 9.17) is 11.6 Å². The monoisotopic (exact) mass is 399 g/mol. The van der Waals surface area contributed by atoms with Crippen LogP contribution in [0.4, 0.5) is 0 Å². The van der Waals surface area contributed by atoms with Crippen LogP contribution in [0.3, 0.4) is 0 Å². The van der Waals surface area contributed by atoms with E-state index in [0.717, 1.165) is 52.0 Å². The molecule has 26 heavy (non-hydrogen) atoms. The van der Waals surface area contributed by atoms with Crippen LogP contribution in [-0.4, -0.2) is 63.0 Å². The summed E-state index contributed by atoms with van der Waals surface area (Å²) in [4.78, 5) is 5.30. The molecular formula is C19H30ClN3O2S. The molecule has 1 saturated heterocycles. The predicted molar refractivity (Wildman–Crippen MR) is 106 cm³/mol. The summed E-state index contributed by atoms with van der Waals surface area (Å²) < 4.78 is 28.6. The molecule has 0 bridgehead atoms. The standard InChI is InChI=1S/C19H30ClN3O2S/c1-2-11-22-12-14-23(15-13-22)19-6-4-3-5-18(19)21-26(24,25)17-9-7-16(20)8-10-17/h7-10,18-19,21H,2-6,11-15H2,1H3/t18-,19-/m0/s1. The fourth-order valence-electron chi connectivity index (χ4n) is 4.20. The van der Waals surface area contributed by atoms with Crippen molar-refractivity contribution >= 4 is 21.6 Å². The number of rotatable bonds is 6. The summed E-state index contributed by atoms with van der Waals surface area (Å²) in [5, 5.41) is 0.546. The van der Waals surface area contributed by atoms with Crippen molar-refractivity contribution in [3.63, 3.8) is 0 Å². The molecule has 1 aliphatic heterocycles. The number of halogens is 1. The zero-order chi connectivity index (χ0) is 18.6. The average molecular weight is 400 g/mol. The van der Waals surface area contributed by atoms with E-state index in [-0.39, 0.29) is 6.04 Å². The number of sulfonamides is 1. The number of nitrogens with zero attached hydrogens (tertiary/aromatic N) is 2. The molecular weight excluding hydrogens is 370 g/mol. The molecule has 2 aliphatic rings. The van der Waals surface area contributed by atoms with Crippen molar-refractivity contribution in [1.82, 2.24) is 14.5 Å². The highest BCUT2D eigenvalue weighted by molar-refractivity contribution is 7.89. The van der Waals surface area contributed by atoms with Crippen LogP contribution in [0.2, 0.25) is 5.02 Å². The Morgan fingerprint density at radius 1 is 1.08 bits per heavy atom. The first-order chi connectivity index (χ1) is 12.5. The average Bonchev–Trinajstić information content (AvgIpc) is 2.63. The highest BCUT2D eigenvalue weighted by atomic mass is 35.5. The second kappa shape index (κ2) is 9.02. The molecule has 0 radical (unpaired) electrons. The van der Waals surface area contributed by atoms with E-state index in [2.05, 4.69) is 21.4 Å². The van der Waals surface area contributed by atoms with Gasteiger partial charge >= 0.3 is 0 Å². The summed E-state index contributed by atoms with van der Waals surface area (Å²) in [6.45, 7) is 7.61. The molecule has 1 aromatic carbocycles. The van der Waals surface area contributed by atoms with E-state index in [1.807, 2.05) is 0 Å². The van der Waals surface area contributed by atoms with Gasteiger partial charge in [0.15, 0.2) is 0 Å². The van der Waals surface area contributed by atoms with Crippen LogP contribution in [0.25, 0.3) is 0 Å². The highest BCUT2D eigenvalue weighted by Gasteiger charge is 2.34. The molecule has 0 amide bonds. The van der Waals surface area contributed by atoms with E-state index < -0.39 is 10.0 Å². The third-order valence-electron chi connectivity index (χ3n) is 5.58. The first-order valence-electron chi connectivity index (χ1n) is 9.74. The molecule has 0 spiro atoms. The van der Waals surface area contributed by atoms with E-state index in [1.54, 1.807) is 24.3 Å². The summed E-state index contributed by atoms with van der Waals surface area (Å²) in [7, 11) is -3.51. The number of benzene rings is 1. The Kier molecular flexibility index (Phi) is 6.97. The maximum absolute atomic E-state index is 12.8. The van der Waals surface area contributed by atoms with Crippen LogP contribution in [-0.2, 0) is 10.0 Å². The molecule has 3 rings (SSSR count). The van der Waals surface area contributed by atoms with Crippen LogP contribution in [0.5, 0.6) is 0 Å². The molecule has 1 aromatic rings. The van der Waals surface area contributed by atoms with Crippen LogP contribution >= 0.6 is 11.6 Å². The second-order valence-corrected chi connectivity index (χ2v) is 9.56. The Morgan fingerprint density at radius 2 is 1.73 bits per heavy atom. The summed E-state index contributed by atoms with van der Waals surface area (Å²) in [5.74, 6) is 0. The molecule has 5 nitrogen and oxygen atoms in total. The first kappa shape index (κ1) is 20.1. The Labute approximate surface area is 162 Å². The van der Waals surface area contributed by atoms with Gasteiger partial charge in [0.2, 0.25) is 10.0 Å². The van der Waals surface area contributed by atoms with Crippen molar-refractivity contribution in [3.05, 3.63) is 29.3 Å². The minimum Gasteiger partial charge on any atom is -0.301 e. The third-order valence-corrected chi connectivity index (χ3v) is 7.33. The van der Waals surface area contributed by atoms with Gasteiger partial charge in [-0.1, -0.05) is 31.4 Å². The lowest BCUT2D eigenvalue weighted by Gasteiger charge is -2.44. The molecule has 146 valence electrons. The van der Waals surface area contributed by atoms with Crippen LogP contribution in [0.15, 0.2) is 29.2 Å². The summed E-state index contributed by atoms with van der Waals surface area (Å²) in [5.41, 5.74) is 0. The first-order valence-corrected chi connectivity index (χ1v) is 11.6. The quantitative estimate of drug-likeness (QED) is 0.799. The highest BCUT2D eigenvalue weighted by Crippen LogP contribution is 2.26. The maximum atomic E-state index is 12.8. The predicted octanol–water partition coefficient (Wildman–Crippen LogP) is 2.96. The summed E-state index contributed by atoms with van der Waals surface area (Å²) in [6, 6.07) is 6.69. The number of piperazine rings is 1. The minimum atomic E-state index is -3.51. The second-order valence-electron chi connectivity index (χ2n) is 7.41. The van der Waals surface area contributed by atoms with Crippen LogP contribution < -0.4 is 4.72 Å². The Morgan fingerprint density at radius 3 is 2.38 bits per heavy atom. The number of hydrogen-bond donors (Lipinski definition) is 1. The van der Waals surface area contributed by atoms with Gasteiger partial charge in [-0.3, -0.25) is 4.90 Å². The van der Waals surface area contributed by atoms with E-state index in [1.165, 1.54) is 12.8 Å². The lowest BCUT2D eigenvalue weighted by molar-refractivity contribution is 0.0663. The van der Waals surface area contributed by atoms with Gasteiger partial charge in [-0.15, -0.1) is 0 Å². The molecule has 0 unspecified atom stereocenters. The van der Waals surface area contributed by atoms with Crippen LogP contribution in [0.1, 0.15) is 39.0 Å². The van der Waals surface area contributed by atoms with Gasteiger partial charge in [0.05, 0.1) is 4.90 Å². The Bertz CT molecular complexity index is 673. The molecule has 2 atom stereocenters. The largest absolute Gasteiger partial charge is 0.301 e. The maximum Gasteiger partial charge on any atom is 0.240 e. The molecule has 1 N–H and O–H groups in total. The molecule has 0 aromatic heterocycles. The molecule has 1 heterocycles. The lowest BCUT2D eigenvalue weighted by Crippen LogP contribution is -2.58. The molecule has 1 saturated carbocycles. The topological polar surface area (TPSA) is 52.6 Å². The smallest absolute Gasteiger partial charge is 0.240 e. The Hall–Kier alpha value is -0.660. The van der Waals surface area contributed by atoms with E-state index in [9.17, 15) is 8.42 Å². The number of nitrogens with one attached hydrogen (secondary N) is 1. The fourth-order valence-corrected chi connectivity index (χ4v) is 5.63. The van der Waals surface area contributed by atoms with Crippen molar-refractivity contribution in [2.75, 3.05) is 32.7 Å². The minimum absolute atomic E-state index is 0.0119. The summed E-state index contributed by atoms with van der Waals surface area (Å²) >= 11 is 5.89. The van der Waals surface area contributed by atoms with Gasteiger partial charge in [-0.2, -0.15) is 0 Å². The van der Waals surface area contributed by atoms with Crippen molar-refractivity contribution in [1.29, 1.82) is 0 Å². The molecule has 7 heteroatoms. The van der Waals surface area contributed by atoms with Crippen molar-refractivity contribution < 1.29 is 8.42 Å². The summed E-state index contributed by atoms with van der Waals surface area (Å²) in [6.07, 6.45) is 5.43. The molecule has 1 aliphatic carbocycles. The lowest BCUT2D eigenvalue weighted by atomic mass is 9.89. The van der Waals surface area contributed by atoms with Gasteiger partial charge in [0.25, 0.3) is 0 Å². The Balaban J connectivity index is 1.66. The fraction of sp³-hybridized carbons (Fsp3) is 0.684. The van der Waals surface area contributed by atoms with Gasteiger partial charge in [-0.25, -0.2) is 13.1 Å². The zero-order valence-corrected chi connectivity index (χ0v) is 17.1. The number of hydrogen-bond acceptors (Lipinski definition) is 4. The zero-order valence-electron chi connectivity index (χ0n) is 15.5. The van der Waals surface area contributed by atoms with E-state index >= 15 is 0 Å². The van der Waals surface area contributed by atoms with Crippen molar-refractivity contribution in [3.8, 4) is 0 Å². The normalized spacial score (nSPS) is 26.1. The molecule has 2 fully saturated rings. The van der Waals surface area contributed by atoms with E-state index in [0.29, 0.717) is 16.0 Å². The SMILES string of the molecule is CCCN1CCN([C@H]2CCCC[C@@H]2NS(=O)(=O)c2ccc(Cl)cc2)CC1.